The zero-order chi connectivity index (χ0) is 22.9. The molecule has 168 valence electrons. The first-order chi connectivity index (χ1) is 14.0. The van der Waals surface area contributed by atoms with Gasteiger partial charge in [0.15, 0.2) is 5.78 Å². The molecule has 0 aromatic heterocycles. The van der Waals surface area contributed by atoms with E-state index in [2.05, 4.69) is 5.32 Å². The highest BCUT2D eigenvalue weighted by molar-refractivity contribution is 6.18. The van der Waals surface area contributed by atoms with Crippen molar-refractivity contribution in [2.24, 2.45) is 0 Å². The van der Waals surface area contributed by atoms with Crippen LogP contribution in [0.4, 0.5) is 10.5 Å². The summed E-state index contributed by atoms with van der Waals surface area (Å²) in [5.41, 5.74) is 1.29. The third-order valence-corrected chi connectivity index (χ3v) is 4.51. The molecule has 0 aliphatic carbocycles. The number of ketones is 1. The molecule has 0 radical (unpaired) electrons. The van der Waals surface area contributed by atoms with Gasteiger partial charge >= 0.3 is 12.1 Å². The number of aryl methyl sites for hydroxylation is 1. The Hall–Kier alpha value is -1.99. The summed E-state index contributed by atoms with van der Waals surface area (Å²) in [6.45, 7) is 8.06. The molecule has 0 spiro atoms. The molecule has 0 aliphatic heterocycles. The molecule has 0 unspecified atom stereocenters. The Morgan fingerprint density at radius 1 is 1.13 bits per heavy atom. The number of Topliss-reactive ketones (excluding diaryl/α,β-unsaturated/α-hetero) is 1. The van der Waals surface area contributed by atoms with Crippen molar-refractivity contribution in [1.82, 2.24) is 5.32 Å². The van der Waals surface area contributed by atoms with E-state index in [0.29, 0.717) is 30.4 Å². The van der Waals surface area contributed by atoms with Crippen molar-refractivity contribution in [1.29, 1.82) is 0 Å². The Labute approximate surface area is 187 Å². The molecule has 1 atom stereocenters. The maximum atomic E-state index is 13.0. The van der Waals surface area contributed by atoms with Gasteiger partial charge in [-0.15, -0.1) is 23.2 Å². The van der Waals surface area contributed by atoms with E-state index in [1.165, 1.54) is 0 Å². The Balaban J connectivity index is 3.03. The number of carboxylic acid groups (broad SMARTS) is 1. The summed E-state index contributed by atoms with van der Waals surface area (Å²) < 4.78 is 5.18. The normalized spacial score (nSPS) is 12.2. The molecule has 0 fully saturated rings. The number of amides is 1. The van der Waals surface area contributed by atoms with Crippen molar-refractivity contribution >= 4 is 46.7 Å². The topological polar surface area (TPSA) is 95.9 Å². The number of benzene rings is 1. The summed E-state index contributed by atoms with van der Waals surface area (Å²) >= 11 is 11.7. The van der Waals surface area contributed by atoms with Crippen LogP contribution in [0, 0.1) is 6.92 Å². The van der Waals surface area contributed by atoms with Gasteiger partial charge in [0, 0.05) is 48.6 Å². The van der Waals surface area contributed by atoms with Crippen LogP contribution < -0.4 is 10.2 Å². The van der Waals surface area contributed by atoms with E-state index in [9.17, 15) is 14.4 Å². The second-order valence-electron chi connectivity index (χ2n) is 7.93. The predicted molar refractivity (Wildman–Crippen MR) is 119 cm³/mol. The highest BCUT2D eigenvalue weighted by atomic mass is 35.5. The summed E-state index contributed by atoms with van der Waals surface area (Å²) in [4.78, 5) is 38.2. The van der Waals surface area contributed by atoms with Crippen molar-refractivity contribution in [3.05, 3.63) is 29.3 Å². The van der Waals surface area contributed by atoms with E-state index in [0.717, 1.165) is 11.3 Å². The molecule has 0 bridgehead atoms. The van der Waals surface area contributed by atoms with Crippen LogP contribution in [-0.2, 0) is 9.53 Å². The predicted octanol–water partition coefficient (Wildman–Crippen LogP) is 4.22. The zero-order valence-corrected chi connectivity index (χ0v) is 19.3. The van der Waals surface area contributed by atoms with Crippen LogP contribution in [0.1, 0.15) is 49.5 Å². The molecule has 1 amide bonds. The number of ether oxygens (including phenoxy) is 1. The lowest BCUT2D eigenvalue weighted by Gasteiger charge is -2.24. The fraction of sp³-hybridized carbons (Fsp3) is 0.571. The highest BCUT2D eigenvalue weighted by Gasteiger charge is 2.24. The number of aliphatic carboxylic acids is 1. The second-order valence-corrected chi connectivity index (χ2v) is 8.69. The fourth-order valence-electron chi connectivity index (χ4n) is 2.87. The average Bonchev–Trinajstić information content (AvgIpc) is 2.59. The van der Waals surface area contributed by atoms with Crippen molar-refractivity contribution in [3.63, 3.8) is 0 Å². The van der Waals surface area contributed by atoms with E-state index in [-0.39, 0.29) is 12.2 Å². The number of nitrogens with zero attached hydrogens (tertiary/aromatic N) is 1. The number of nitrogens with one attached hydrogen (secondary N) is 1. The van der Waals surface area contributed by atoms with Gasteiger partial charge in [0.05, 0.1) is 6.42 Å². The lowest BCUT2D eigenvalue weighted by atomic mass is 9.97. The molecule has 2 N–H and O–H groups in total. The molecule has 9 heteroatoms. The number of carboxylic acids is 1. The molecule has 1 aromatic carbocycles. The third kappa shape index (κ3) is 9.22. The van der Waals surface area contributed by atoms with Gasteiger partial charge in [0.1, 0.15) is 5.60 Å². The van der Waals surface area contributed by atoms with Gasteiger partial charge in [0.2, 0.25) is 0 Å². The van der Waals surface area contributed by atoms with Crippen LogP contribution in [0.25, 0.3) is 0 Å². The molecule has 0 saturated heterocycles. The van der Waals surface area contributed by atoms with Crippen LogP contribution in [-0.4, -0.2) is 59.4 Å². The number of alkyl halides is 2. The number of hydrogen-bond acceptors (Lipinski definition) is 5. The zero-order valence-electron chi connectivity index (χ0n) is 17.8. The number of anilines is 1. The smallest absolute Gasteiger partial charge is 0.407 e. The number of carbonyl (C=O) groups excluding carboxylic acids is 2. The van der Waals surface area contributed by atoms with Gasteiger partial charge in [-0.05, 0) is 45.4 Å². The first-order valence-corrected chi connectivity index (χ1v) is 10.8. The van der Waals surface area contributed by atoms with E-state index >= 15 is 0 Å². The van der Waals surface area contributed by atoms with Gasteiger partial charge in [0.25, 0.3) is 0 Å². The Kier molecular flexibility index (Phi) is 10.4. The van der Waals surface area contributed by atoms with E-state index in [4.69, 9.17) is 33.0 Å². The van der Waals surface area contributed by atoms with Crippen LogP contribution in [0.15, 0.2) is 18.2 Å². The molecule has 0 heterocycles. The molecule has 0 aliphatic rings. The van der Waals surface area contributed by atoms with E-state index in [1.807, 2.05) is 17.0 Å². The van der Waals surface area contributed by atoms with Crippen LogP contribution in [0.2, 0.25) is 0 Å². The molecular formula is C21H30Cl2N2O5. The van der Waals surface area contributed by atoms with Crippen molar-refractivity contribution in [2.45, 2.75) is 52.2 Å². The van der Waals surface area contributed by atoms with E-state index < -0.39 is 30.1 Å². The second kappa shape index (κ2) is 12.0. The molecule has 1 aromatic rings. The first kappa shape index (κ1) is 26.0. The fourth-order valence-corrected chi connectivity index (χ4v) is 3.28. The summed E-state index contributed by atoms with van der Waals surface area (Å²) in [5.74, 6) is -0.568. The highest BCUT2D eigenvalue weighted by Crippen LogP contribution is 2.22. The lowest BCUT2D eigenvalue weighted by Crippen LogP contribution is -2.41. The molecular weight excluding hydrogens is 431 g/mol. The van der Waals surface area contributed by atoms with E-state index in [1.54, 1.807) is 33.8 Å². The summed E-state index contributed by atoms with van der Waals surface area (Å²) in [6, 6.07) is 4.57. The molecule has 0 saturated carbocycles. The average molecular weight is 461 g/mol. The Morgan fingerprint density at radius 2 is 1.73 bits per heavy atom. The summed E-state index contributed by atoms with van der Waals surface area (Å²) in [7, 11) is 0. The minimum atomic E-state index is -1.12. The standard InChI is InChI=1S/C21H30Cl2N2O5/c1-14-5-6-16(25(9-7-22)10-8-23)13-17(14)18(26)11-15(12-19(27)28)24-20(29)30-21(2,3)4/h5-6,13,15H,7-12H2,1-4H3,(H,24,29)(H,27,28)/t15-/m0/s1. The Bertz CT molecular complexity index is 743. The van der Waals surface area contributed by atoms with Crippen LogP contribution in [0.5, 0.6) is 0 Å². The maximum Gasteiger partial charge on any atom is 0.407 e. The number of hydrogen-bond donors (Lipinski definition) is 2. The number of rotatable bonds is 11. The SMILES string of the molecule is Cc1ccc(N(CCCl)CCCl)cc1C(=O)C[C@@H](CC(=O)O)NC(=O)OC(C)(C)C. The molecule has 7 nitrogen and oxygen atoms in total. The van der Waals surface area contributed by atoms with Gasteiger partial charge in [-0.3, -0.25) is 9.59 Å². The summed E-state index contributed by atoms with van der Waals surface area (Å²) in [6.07, 6.45) is -1.32. The Morgan fingerprint density at radius 3 is 2.23 bits per heavy atom. The van der Waals surface area contributed by atoms with Crippen LogP contribution >= 0.6 is 23.2 Å². The van der Waals surface area contributed by atoms with Crippen molar-refractivity contribution in [3.8, 4) is 0 Å². The maximum absolute atomic E-state index is 13.0. The van der Waals surface area contributed by atoms with Gasteiger partial charge < -0.3 is 20.1 Å². The van der Waals surface area contributed by atoms with Crippen molar-refractivity contribution in [2.75, 3.05) is 29.7 Å². The molecule has 30 heavy (non-hydrogen) atoms. The first-order valence-electron chi connectivity index (χ1n) is 9.69. The largest absolute Gasteiger partial charge is 0.481 e. The van der Waals surface area contributed by atoms with Gasteiger partial charge in [-0.2, -0.15) is 0 Å². The number of alkyl carbamates (subject to hydrolysis) is 1. The van der Waals surface area contributed by atoms with Crippen LogP contribution in [0.3, 0.4) is 0 Å². The summed E-state index contributed by atoms with van der Waals surface area (Å²) in [5, 5.41) is 11.7. The third-order valence-electron chi connectivity index (χ3n) is 4.17. The van der Waals surface area contributed by atoms with Gasteiger partial charge in [-0.25, -0.2) is 4.79 Å². The monoisotopic (exact) mass is 460 g/mol. The number of carbonyl (C=O) groups is 3. The minimum Gasteiger partial charge on any atom is -0.481 e. The number of halogens is 2. The lowest BCUT2D eigenvalue weighted by molar-refractivity contribution is -0.137. The van der Waals surface area contributed by atoms with Crippen molar-refractivity contribution < 1.29 is 24.2 Å². The quantitative estimate of drug-likeness (QED) is 0.379. The van der Waals surface area contributed by atoms with Gasteiger partial charge in [-0.1, -0.05) is 6.07 Å². The minimum absolute atomic E-state index is 0.166. The molecule has 1 rings (SSSR count).